The van der Waals surface area contributed by atoms with E-state index >= 15 is 0 Å². The molecule has 3 nitrogen and oxygen atoms in total. The van der Waals surface area contributed by atoms with Crippen molar-refractivity contribution >= 4 is 0 Å². The monoisotopic (exact) mass is 274 g/mol. The summed E-state index contributed by atoms with van der Waals surface area (Å²) in [6.07, 6.45) is 2.80. The van der Waals surface area contributed by atoms with Crippen LogP contribution >= 0.6 is 0 Å². The molecule has 2 fully saturated rings. The zero-order valence-electron chi connectivity index (χ0n) is 12.6. The van der Waals surface area contributed by atoms with E-state index in [1.165, 1.54) is 18.4 Å². The number of methoxy groups -OCH3 is 1. The minimum atomic E-state index is 0.0559. The molecule has 3 rings (SSSR count). The number of hydrogen-bond donors (Lipinski definition) is 1. The number of nitrogens with one attached hydrogen (secondary N) is 1. The highest BCUT2D eigenvalue weighted by molar-refractivity contribution is 5.25. The number of rotatable bonds is 5. The summed E-state index contributed by atoms with van der Waals surface area (Å²) in [6.45, 7) is 6.36. The van der Waals surface area contributed by atoms with Crippen molar-refractivity contribution in [2.24, 2.45) is 5.92 Å². The van der Waals surface area contributed by atoms with E-state index in [4.69, 9.17) is 4.74 Å². The fraction of sp³-hybridized carbons (Fsp3) is 0.647. The Hall–Kier alpha value is -0.900. The van der Waals surface area contributed by atoms with Crippen molar-refractivity contribution in [1.29, 1.82) is 0 Å². The van der Waals surface area contributed by atoms with Gasteiger partial charge in [0.05, 0.1) is 12.1 Å². The van der Waals surface area contributed by atoms with Gasteiger partial charge in [0.15, 0.2) is 0 Å². The average Bonchev–Trinajstić information content (AvgIpc) is 3.31. The first-order chi connectivity index (χ1) is 9.73. The lowest BCUT2D eigenvalue weighted by atomic mass is 9.87. The van der Waals surface area contributed by atoms with Crippen LogP contribution in [0.15, 0.2) is 30.3 Å². The lowest BCUT2D eigenvalue weighted by Gasteiger charge is -2.47. The van der Waals surface area contributed by atoms with Crippen molar-refractivity contribution < 1.29 is 4.74 Å². The molecule has 0 amide bonds. The molecule has 0 radical (unpaired) electrons. The average molecular weight is 274 g/mol. The predicted octanol–water partition coefficient (Wildman–Crippen LogP) is 2.23. The number of ether oxygens (including phenoxy) is 1. The highest BCUT2D eigenvalue weighted by Crippen LogP contribution is 2.38. The van der Waals surface area contributed by atoms with Crippen LogP contribution < -0.4 is 5.32 Å². The molecule has 2 atom stereocenters. The summed E-state index contributed by atoms with van der Waals surface area (Å²) in [6, 6.07) is 11.5. The molecule has 1 saturated carbocycles. The first-order valence-corrected chi connectivity index (χ1v) is 7.76. The molecule has 1 saturated heterocycles. The van der Waals surface area contributed by atoms with Gasteiger partial charge in [-0.25, -0.2) is 0 Å². The van der Waals surface area contributed by atoms with Crippen LogP contribution in [0.25, 0.3) is 0 Å². The van der Waals surface area contributed by atoms with Crippen LogP contribution in [0.2, 0.25) is 0 Å². The second kappa shape index (κ2) is 5.84. The van der Waals surface area contributed by atoms with Crippen molar-refractivity contribution in [1.82, 2.24) is 10.2 Å². The maximum atomic E-state index is 5.30. The SMILES string of the molecule is COCCN1CC(C)(c2ccccc2)NCC1C1CC1. The molecule has 20 heavy (non-hydrogen) atoms. The van der Waals surface area contributed by atoms with Gasteiger partial charge in [0.25, 0.3) is 0 Å². The Bertz CT molecular complexity index is 432. The zero-order chi connectivity index (χ0) is 14.0. The van der Waals surface area contributed by atoms with Gasteiger partial charge in [-0.05, 0) is 31.2 Å². The summed E-state index contributed by atoms with van der Waals surface area (Å²) >= 11 is 0. The van der Waals surface area contributed by atoms with Crippen molar-refractivity contribution in [3.63, 3.8) is 0 Å². The Morgan fingerprint density at radius 3 is 2.70 bits per heavy atom. The molecule has 1 aromatic carbocycles. The number of nitrogens with zero attached hydrogens (tertiary/aromatic N) is 1. The fourth-order valence-electron chi connectivity index (χ4n) is 3.44. The van der Waals surface area contributed by atoms with Crippen LogP contribution in [0.4, 0.5) is 0 Å². The Balaban J connectivity index is 1.75. The minimum Gasteiger partial charge on any atom is -0.383 e. The summed E-state index contributed by atoms with van der Waals surface area (Å²) in [7, 11) is 1.80. The van der Waals surface area contributed by atoms with Crippen LogP contribution in [0.5, 0.6) is 0 Å². The molecule has 0 aromatic heterocycles. The molecule has 1 N–H and O–H groups in total. The van der Waals surface area contributed by atoms with E-state index in [1.807, 2.05) is 0 Å². The van der Waals surface area contributed by atoms with Gasteiger partial charge in [0.1, 0.15) is 0 Å². The largest absolute Gasteiger partial charge is 0.383 e. The highest BCUT2D eigenvalue weighted by Gasteiger charge is 2.42. The van der Waals surface area contributed by atoms with E-state index in [-0.39, 0.29) is 5.54 Å². The van der Waals surface area contributed by atoms with E-state index in [9.17, 15) is 0 Å². The zero-order valence-corrected chi connectivity index (χ0v) is 12.6. The van der Waals surface area contributed by atoms with Crippen LogP contribution in [0.1, 0.15) is 25.3 Å². The molecule has 0 bridgehead atoms. The van der Waals surface area contributed by atoms with E-state index < -0.39 is 0 Å². The molecule has 0 spiro atoms. The molecule has 1 aliphatic heterocycles. The normalized spacial score (nSPS) is 31.4. The van der Waals surface area contributed by atoms with Crippen molar-refractivity contribution in [2.45, 2.75) is 31.3 Å². The molecule has 3 heteroatoms. The van der Waals surface area contributed by atoms with Crippen LogP contribution in [-0.2, 0) is 10.3 Å². The maximum absolute atomic E-state index is 5.30. The van der Waals surface area contributed by atoms with Gasteiger partial charge in [0, 0.05) is 32.8 Å². The molecule has 1 aromatic rings. The predicted molar refractivity (Wildman–Crippen MR) is 81.8 cm³/mol. The Labute approximate surface area is 122 Å². The molecule has 110 valence electrons. The molecule has 2 aliphatic rings. The number of hydrogen-bond acceptors (Lipinski definition) is 3. The first-order valence-electron chi connectivity index (χ1n) is 7.76. The maximum Gasteiger partial charge on any atom is 0.0589 e. The second-order valence-corrected chi connectivity index (χ2v) is 6.45. The Kier molecular flexibility index (Phi) is 4.11. The quantitative estimate of drug-likeness (QED) is 0.891. The summed E-state index contributed by atoms with van der Waals surface area (Å²) in [5.41, 5.74) is 1.44. The van der Waals surface area contributed by atoms with E-state index in [1.54, 1.807) is 7.11 Å². The summed E-state index contributed by atoms with van der Waals surface area (Å²) in [4.78, 5) is 2.64. The lowest BCUT2D eigenvalue weighted by molar-refractivity contribution is 0.0484. The number of benzene rings is 1. The van der Waals surface area contributed by atoms with Gasteiger partial charge >= 0.3 is 0 Å². The van der Waals surface area contributed by atoms with Gasteiger partial charge in [0.2, 0.25) is 0 Å². The van der Waals surface area contributed by atoms with Crippen molar-refractivity contribution in [3.8, 4) is 0 Å². The second-order valence-electron chi connectivity index (χ2n) is 6.45. The minimum absolute atomic E-state index is 0.0559. The fourth-order valence-corrected chi connectivity index (χ4v) is 3.44. The van der Waals surface area contributed by atoms with Gasteiger partial charge in [-0.3, -0.25) is 4.90 Å². The van der Waals surface area contributed by atoms with Crippen molar-refractivity contribution in [2.75, 3.05) is 33.4 Å². The Morgan fingerprint density at radius 1 is 1.30 bits per heavy atom. The van der Waals surface area contributed by atoms with Crippen LogP contribution in [0.3, 0.4) is 0 Å². The molecule has 1 heterocycles. The third-order valence-electron chi connectivity index (χ3n) is 4.85. The molecule has 1 aliphatic carbocycles. The number of piperazine rings is 1. The third kappa shape index (κ3) is 2.90. The smallest absolute Gasteiger partial charge is 0.0589 e. The lowest BCUT2D eigenvalue weighted by Crippen LogP contribution is -2.62. The Morgan fingerprint density at radius 2 is 2.05 bits per heavy atom. The van der Waals surface area contributed by atoms with Crippen LogP contribution in [0, 0.1) is 5.92 Å². The van der Waals surface area contributed by atoms with Gasteiger partial charge in [-0.2, -0.15) is 0 Å². The van der Waals surface area contributed by atoms with E-state index in [2.05, 4.69) is 47.5 Å². The van der Waals surface area contributed by atoms with E-state index in [0.717, 1.165) is 32.2 Å². The first kappa shape index (κ1) is 14.1. The summed E-state index contributed by atoms with van der Waals surface area (Å²) < 4.78 is 5.30. The summed E-state index contributed by atoms with van der Waals surface area (Å²) in [5, 5.41) is 3.81. The third-order valence-corrected chi connectivity index (χ3v) is 4.85. The van der Waals surface area contributed by atoms with Crippen molar-refractivity contribution in [3.05, 3.63) is 35.9 Å². The summed E-state index contributed by atoms with van der Waals surface area (Å²) in [5.74, 6) is 0.902. The van der Waals surface area contributed by atoms with Gasteiger partial charge in [-0.15, -0.1) is 0 Å². The molecule has 2 unspecified atom stereocenters. The van der Waals surface area contributed by atoms with Gasteiger partial charge < -0.3 is 10.1 Å². The van der Waals surface area contributed by atoms with Gasteiger partial charge in [-0.1, -0.05) is 30.3 Å². The molecular formula is C17H26N2O. The van der Waals surface area contributed by atoms with E-state index in [0.29, 0.717) is 6.04 Å². The topological polar surface area (TPSA) is 24.5 Å². The molecular weight excluding hydrogens is 248 g/mol. The standard InChI is InChI=1S/C17H26N2O/c1-17(15-6-4-3-5-7-15)13-19(10-11-20-2)16(12-18-17)14-8-9-14/h3-7,14,16,18H,8-13H2,1-2H3. The highest BCUT2D eigenvalue weighted by atomic mass is 16.5. The van der Waals surface area contributed by atoms with Crippen LogP contribution in [-0.4, -0.2) is 44.3 Å².